The normalized spacial score (nSPS) is 11.8. The van der Waals surface area contributed by atoms with E-state index in [9.17, 15) is 14.4 Å². The van der Waals surface area contributed by atoms with Crippen LogP contribution in [0.1, 0.15) is 27.6 Å². The second-order valence-electron chi connectivity index (χ2n) is 4.90. The van der Waals surface area contributed by atoms with Gasteiger partial charge in [-0.1, -0.05) is 0 Å². The summed E-state index contributed by atoms with van der Waals surface area (Å²) in [4.78, 5) is 39.4. The lowest BCUT2D eigenvalue weighted by Crippen LogP contribution is -2.39. The van der Waals surface area contributed by atoms with Gasteiger partial charge in [-0.15, -0.1) is 0 Å². The van der Waals surface area contributed by atoms with Crippen molar-refractivity contribution < 1.29 is 6.17 Å². The highest BCUT2D eigenvalue weighted by Gasteiger charge is 2.14. The zero-order valence-corrected chi connectivity index (χ0v) is 11.8. The average molecular weight is 279 g/mol. The van der Waals surface area contributed by atoms with Gasteiger partial charge in [-0.2, -0.15) is 0 Å². The number of hydrogen-bond donors (Lipinski definition) is 0. The quantitative estimate of drug-likeness (QED) is 0.732. The molecule has 0 radical (unpaired) electrons. The molecule has 7 heteroatoms. The predicted molar refractivity (Wildman–Crippen MR) is 74.7 cm³/mol. The lowest BCUT2D eigenvalue weighted by Gasteiger charge is -2.08. The first kappa shape index (κ1) is 12.8. The first-order valence-electron chi connectivity index (χ1n) is 6.97. The number of rotatable bonds is 5. The molecule has 0 aromatic carbocycles. The number of imidazole rings is 1. The van der Waals surface area contributed by atoms with Gasteiger partial charge in [-0.3, -0.25) is 13.9 Å². The average Bonchev–Trinajstić information content (AvgIpc) is 2.71. The second-order valence-corrected chi connectivity index (χ2v) is 4.90. The molecule has 0 N–H and O–H groups in total. The Morgan fingerprint density at radius 3 is 2.70 bits per heavy atom. The van der Waals surface area contributed by atoms with Crippen LogP contribution < -0.4 is 11.2 Å². The monoisotopic (exact) mass is 279 g/mol. The highest BCUT2D eigenvalue weighted by Crippen LogP contribution is 2.04. The van der Waals surface area contributed by atoms with Gasteiger partial charge in [-0.05, 0) is 19.8 Å². The van der Waals surface area contributed by atoms with Gasteiger partial charge in [0.1, 0.15) is 7.15 Å². The van der Waals surface area contributed by atoms with Crippen LogP contribution in [0.2, 0.25) is 0 Å². The van der Waals surface area contributed by atoms with E-state index in [-0.39, 0.29) is 29.8 Å². The molecule has 20 heavy (non-hydrogen) atoms. The van der Waals surface area contributed by atoms with Crippen molar-refractivity contribution in [2.45, 2.75) is 32.7 Å². The number of fused-ring (bicyclic) bond motifs is 1. The van der Waals surface area contributed by atoms with Crippen molar-refractivity contribution in [2.24, 2.45) is 14.1 Å². The van der Waals surface area contributed by atoms with Gasteiger partial charge in [0.05, 0.1) is 6.30 Å². The Labute approximate surface area is 116 Å². The van der Waals surface area contributed by atoms with Crippen molar-refractivity contribution in [3.8, 4) is 0 Å². The highest BCUT2D eigenvalue weighted by molar-refractivity contribution is 5.75. The topological polar surface area (TPSA) is 78.9 Å². The molecule has 2 heterocycles. The summed E-state index contributed by atoms with van der Waals surface area (Å²) >= 11 is 0. The van der Waals surface area contributed by atoms with Crippen LogP contribution in [0.4, 0.5) is 0 Å². The molecule has 2 rings (SSSR count). The van der Waals surface area contributed by atoms with Crippen LogP contribution in [0.25, 0.3) is 11.2 Å². The van der Waals surface area contributed by atoms with Crippen molar-refractivity contribution >= 4 is 16.9 Å². The maximum absolute atomic E-state index is 12.4. The molecule has 0 unspecified atom stereocenters. The number of carbonyl (C=O) groups excluding carboxylic acids is 1. The number of hydrogen-bond acceptors (Lipinski definition) is 4. The van der Waals surface area contributed by atoms with Crippen LogP contribution in [0.3, 0.4) is 0 Å². The summed E-state index contributed by atoms with van der Waals surface area (Å²) in [6.45, 7) is 1.77. The van der Waals surface area contributed by atoms with Crippen molar-refractivity contribution in [3.05, 3.63) is 27.1 Å². The van der Waals surface area contributed by atoms with Gasteiger partial charge in [0.15, 0.2) is 11.2 Å². The Bertz CT molecular complexity index is 815. The molecule has 2 aromatic rings. The van der Waals surface area contributed by atoms with Crippen molar-refractivity contribution in [3.63, 3.8) is 0 Å². The zero-order valence-electron chi connectivity index (χ0n) is 12.8. The van der Waals surface area contributed by atoms with Crippen LogP contribution in [0, 0.1) is 0 Å². The zero-order chi connectivity index (χ0) is 15.7. The van der Waals surface area contributed by atoms with Crippen molar-refractivity contribution in [1.29, 1.82) is 0 Å². The molecule has 108 valence electrons. The lowest BCUT2D eigenvalue weighted by molar-refractivity contribution is -0.117. The third kappa shape index (κ3) is 2.43. The Hall–Kier alpha value is -2.18. The Balaban J connectivity index is 2.45. The number of Topliss-reactive ketones (excluding diaryl/α,β-unsaturated/α-hetero) is 1. The molecule has 7 nitrogen and oxygen atoms in total. The maximum Gasteiger partial charge on any atom is 0.332 e. The summed E-state index contributed by atoms with van der Waals surface area (Å²) in [5, 5.41) is 0. The fourth-order valence-electron chi connectivity index (χ4n) is 2.18. The van der Waals surface area contributed by atoms with Gasteiger partial charge in [0.25, 0.3) is 5.56 Å². The Kier molecular flexibility index (Phi) is 3.49. The number of aryl methyl sites for hydroxylation is 2. The fourth-order valence-corrected chi connectivity index (χ4v) is 2.18. The molecule has 2 aromatic heterocycles. The molecular formula is C13H18N4O3. The number of carbonyl (C=O) groups is 1. The van der Waals surface area contributed by atoms with Crippen molar-refractivity contribution in [2.75, 3.05) is 0 Å². The third-order valence-electron chi connectivity index (χ3n) is 3.30. The van der Waals surface area contributed by atoms with Gasteiger partial charge in [-0.25, -0.2) is 9.78 Å². The third-order valence-corrected chi connectivity index (χ3v) is 3.30. The van der Waals surface area contributed by atoms with Crippen LogP contribution in [-0.2, 0) is 25.4 Å². The van der Waals surface area contributed by atoms with Crippen molar-refractivity contribution in [1.82, 2.24) is 18.7 Å². The first-order chi connectivity index (χ1) is 9.84. The Morgan fingerprint density at radius 2 is 2.05 bits per heavy atom. The maximum atomic E-state index is 12.4. The number of ketones is 1. The van der Waals surface area contributed by atoms with E-state index in [4.69, 9.17) is 1.37 Å². The summed E-state index contributed by atoms with van der Waals surface area (Å²) in [6, 6.07) is 0. The van der Waals surface area contributed by atoms with Gasteiger partial charge in [0.2, 0.25) is 0 Å². The van der Waals surface area contributed by atoms with Crippen LogP contribution >= 0.6 is 0 Å². The van der Waals surface area contributed by atoms with E-state index in [2.05, 4.69) is 4.98 Å². The Morgan fingerprint density at radius 1 is 1.35 bits per heavy atom. The minimum absolute atomic E-state index is 0.0635. The first-order valence-corrected chi connectivity index (χ1v) is 6.47. The number of aromatic nitrogens is 4. The number of nitrogens with zero attached hydrogens (tertiary/aromatic N) is 4. The van der Waals surface area contributed by atoms with E-state index >= 15 is 0 Å². The van der Waals surface area contributed by atoms with Gasteiger partial charge >= 0.3 is 5.69 Å². The van der Waals surface area contributed by atoms with Crippen LogP contribution in [0.15, 0.2) is 15.9 Å². The van der Waals surface area contributed by atoms with E-state index in [1.807, 2.05) is 0 Å². The van der Waals surface area contributed by atoms with Gasteiger partial charge < -0.3 is 9.36 Å². The summed E-state index contributed by atoms with van der Waals surface area (Å²) in [6.07, 6.45) is 1.59. The van der Waals surface area contributed by atoms with Gasteiger partial charge in [0, 0.05) is 27.1 Å². The lowest BCUT2D eigenvalue weighted by atomic mass is 10.2. The molecule has 0 atom stereocenters. The van der Waals surface area contributed by atoms with E-state index in [1.165, 1.54) is 23.1 Å². The highest BCUT2D eigenvalue weighted by atomic mass is 16.2. The predicted octanol–water partition coefficient (Wildman–Crippen LogP) is 0.193. The summed E-state index contributed by atoms with van der Waals surface area (Å²) < 4.78 is 11.4. The van der Waals surface area contributed by atoms with E-state index in [0.717, 1.165) is 4.57 Å². The SMILES string of the molecule is [2H]c1nc2c(c(=O)n(CCCCC(C)=O)c(=O)n2C)n1C. The summed E-state index contributed by atoms with van der Waals surface area (Å²) in [5.74, 6) is 0.0937. The molecule has 0 fully saturated rings. The standard InChI is InChI=1S/C13H18N4O3/c1-9(18)6-4-5-7-17-12(19)10-11(14-8-15(10)2)16(3)13(17)20/h8H,4-7H2,1-3H3/i8D. The van der Waals surface area contributed by atoms with E-state index in [0.29, 0.717) is 19.3 Å². The largest absolute Gasteiger partial charge is 0.332 e. The van der Waals surface area contributed by atoms with Crippen LogP contribution in [-0.4, -0.2) is 24.5 Å². The molecular weight excluding hydrogens is 260 g/mol. The van der Waals surface area contributed by atoms with E-state index in [1.54, 1.807) is 7.05 Å². The molecule has 0 aliphatic heterocycles. The number of unbranched alkanes of at least 4 members (excludes halogenated alkanes) is 1. The minimum Gasteiger partial charge on any atom is -0.328 e. The molecule has 0 aliphatic rings. The molecule has 0 saturated carbocycles. The molecule has 0 spiro atoms. The fraction of sp³-hybridized carbons (Fsp3) is 0.538. The molecule has 0 saturated heterocycles. The molecule has 0 amide bonds. The van der Waals surface area contributed by atoms with E-state index < -0.39 is 11.2 Å². The minimum atomic E-state index is -0.451. The van der Waals surface area contributed by atoms with Crippen LogP contribution in [0.5, 0.6) is 0 Å². The molecule has 0 aliphatic carbocycles. The molecule has 0 bridgehead atoms. The second kappa shape index (κ2) is 5.44. The summed E-state index contributed by atoms with van der Waals surface area (Å²) in [5.41, 5.74) is -0.427. The smallest absolute Gasteiger partial charge is 0.328 e. The summed E-state index contributed by atoms with van der Waals surface area (Å²) in [7, 11) is 3.10.